The van der Waals surface area contributed by atoms with Gasteiger partial charge >= 0.3 is 0 Å². The van der Waals surface area contributed by atoms with Gasteiger partial charge in [-0.3, -0.25) is 0 Å². The number of halogens is 2. The molecule has 5 atom stereocenters. The predicted octanol–water partition coefficient (Wildman–Crippen LogP) is 11.7. The minimum atomic E-state index is -0.382. The van der Waals surface area contributed by atoms with Gasteiger partial charge in [0, 0.05) is 40.6 Å². The van der Waals surface area contributed by atoms with Gasteiger partial charge in [0.1, 0.15) is 24.1 Å². The van der Waals surface area contributed by atoms with E-state index in [1.165, 1.54) is 25.0 Å². The van der Waals surface area contributed by atoms with Crippen molar-refractivity contribution >= 4 is 11.6 Å². The second-order valence-corrected chi connectivity index (χ2v) is 17.0. The number of benzene rings is 3. The lowest BCUT2D eigenvalue weighted by Crippen LogP contribution is -2.16. The van der Waals surface area contributed by atoms with Crippen molar-refractivity contribution in [3.63, 3.8) is 0 Å². The molecule has 0 aromatic heterocycles. The zero-order chi connectivity index (χ0) is 45.8. The standard InChI is InChI=1S/C12H12ClNO.C12H12FNO.C12H13NO.C7H11NO.C7H13NO/c2*1-15-11(12(8-14)6-7-12)9-2-4-10(13)5-3-9;1-14-11(12(9-13)7-8-12)10-5-3-2-4-6-10;1-9-7(4-5-8)6-2-3-6;1-6(2)7(9-3)4-5-8/h2*2-5,11H,6-7H2,1H3;2-6,11H,7-8H2,1H3;6-7H,2-4H2,1H3;6-7H,4H2,1-3H3. The number of nitrogens with zero attached hydrogens (tertiary/aromatic N) is 5. The summed E-state index contributed by atoms with van der Waals surface area (Å²) < 4.78 is 39.1. The van der Waals surface area contributed by atoms with E-state index in [0.717, 1.165) is 55.2 Å². The molecule has 4 aliphatic rings. The first-order valence-corrected chi connectivity index (χ1v) is 21.4. The molecule has 12 heteroatoms. The molecule has 330 valence electrons. The highest BCUT2D eigenvalue weighted by atomic mass is 35.5. The van der Waals surface area contributed by atoms with Crippen LogP contribution in [0.1, 0.15) is 113 Å². The van der Waals surface area contributed by atoms with Crippen LogP contribution in [0.3, 0.4) is 0 Å². The Hall–Kier alpha value is -4.87. The fourth-order valence-corrected chi connectivity index (χ4v) is 7.45. The second kappa shape index (κ2) is 25.3. The molecule has 0 heterocycles. The molecule has 62 heavy (non-hydrogen) atoms. The predicted molar refractivity (Wildman–Crippen MR) is 235 cm³/mol. The van der Waals surface area contributed by atoms with E-state index in [-0.39, 0.29) is 52.6 Å². The summed E-state index contributed by atoms with van der Waals surface area (Å²) in [6.45, 7) is 4.09. The molecule has 0 N–H and O–H groups in total. The SMILES string of the molecule is COC(CC#N)C(C)C.COC(CC#N)C1CC1.COC(c1ccc(Cl)cc1)C1(C#N)CC1.COC(c1ccc(F)cc1)C1(C#N)CC1.COC(c1ccccc1)C1(C#N)CC1. The van der Waals surface area contributed by atoms with E-state index in [1.54, 1.807) is 47.7 Å². The van der Waals surface area contributed by atoms with E-state index >= 15 is 0 Å². The van der Waals surface area contributed by atoms with Crippen LogP contribution >= 0.6 is 11.6 Å². The van der Waals surface area contributed by atoms with Crippen LogP contribution in [-0.2, 0) is 23.7 Å². The molecule has 4 saturated carbocycles. The van der Waals surface area contributed by atoms with Crippen molar-refractivity contribution in [1.29, 1.82) is 26.3 Å². The van der Waals surface area contributed by atoms with Crippen molar-refractivity contribution in [1.82, 2.24) is 0 Å². The van der Waals surface area contributed by atoms with E-state index in [4.69, 9.17) is 61.6 Å². The molecular weight excluding hydrogens is 805 g/mol. The van der Waals surface area contributed by atoms with Gasteiger partial charge in [-0.2, -0.15) is 26.3 Å². The van der Waals surface area contributed by atoms with Gasteiger partial charge in [-0.25, -0.2) is 4.39 Å². The lowest BCUT2D eigenvalue weighted by Gasteiger charge is -2.20. The Morgan fingerprint density at radius 2 is 0.952 bits per heavy atom. The Labute approximate surface area is 373 Å². The Bertz CT molecular complexity index is 1900. The van der Waals surface area contributed by atoms with Crippen LogP contribution in [0.2, 0.25) is 5.02 Å². The smallest absolute Gasteiger partial charge is 0.123 e. The molecule has 7 rings (SSSR count). The minimum absolute atomic E-state index is 0.0614. The maximum absolute atomic E-state index is 12.7. The van der Waals surface area contributed by atoms with Gasteiger partial charge in [-0.1, -0.05) is 80.0 Å². The highest BCUT2D eigenvalue weighted by molar-refractivity contribution is 6.30. The minimum Gasteiger partial charge on any atom is -0.380 e. The fourth-order valence-electron chi connectivity index (χ4n) is 7.33. The lowest BCUT2D eigenvalue weighted by atomic mass is 9.94. The average Bonchev–Trinajstić information content (AvgIpc) is 4.09. The topological polar surface area (TPSA) is 165 Å². The van der Waals surface area contributed by atoms with Crippen molar-refractivity contribution in [3.05, 3.63) is 106 Å². The van der Waals surface area contributed by atoms with Crippen LogP contribution in [0.15, 0.2) is 78.9 Å². The first kappa shape index (κ1) is 51.5. The maximum atomic E-state index is 12.7. The molecule has 0 aliphatic heterocycles. The summed E-state index contributed by atoms with van der Waals surface area (Å²) >= 11 is 5.82. The molecule has 0 bridgehead atoms. The molecule has 0 saturated heterocycles. The molecule has 0 radical (unpaired) electrons. The van der Waals surface area contributed by atoms with E-state index in [2.05, 4.69) is 30.3 Å². The Morgan fingerprint density at radius 1 is 0.565 bits per heavy atom. The third kappa shape index (κ3) is 14.9. The van der Waals surface area contributed by atoms with Crippen LogP contribution in [0.5, 0.6) is 0 Å². The van der Waals surface area contributed by atoms with Gasteiger partial charge in [0.15, 0.2) is 0 Å². The number of nitriles is 5. The van der Waals surface area contributed by atoms with Gasteiger partial charge in [-0.15, -0.1) is 0 Å². The van der Waals surface area contributed by atoms with E-state index in [0.29, 0.717) is 29.7 Å². The molecule has 5 unspecified atom stereocenters. The zero-order valence-corrected chi connectivity index (χ0v) is 37.9. The van der Waals surface area contributed by atoms with Gasteiger partial charge in [-0.05, 0) is 104 Å². The average molecular weight is 867 g/mol. The first-order valence-electron chi connectivity index (χ1n) is 21.0. The zero-order valence-electron chi connectivity index (χ0n) is 37.2. The molecule has 4 fully saturated rings. The van der Waals surface area contributed by atoms with Gasteiger partial charge in [0.25, 0.3) is 0 Å². The molecule has 3 aromatic carbocycles. The van der Waals surface area contributed by atoms with Crippen molar-refractivity contribution < 1.29 is 28.1 Å². The Morgan fingerprint density at radius 3 is 1.23 bits per heavy atom. The summed E-state index contributed by atoms with van der Waals surface area (Å²) in [5, 5.41) is 44.6. The van der Waals surface area contributed by atoms with Crippen LogP contribution in [0, 0.1) is 90.6 Å². The normalized spacial score (nSPS) is 18.7. The summed E-state index contributed by atoms with van der Waals surface area (Å²) in [5.74, 6) is 0.861. The van der Waals surface area contributed by atoms with Gasteiger partial charge < -0.3 is 23.7 Å². The highest BCUT2D eigenvalue weighted by Crippen LogP contribution is 2.57. The fraction of sp³-hybridized carbons (Fsp3) is 0.540. The number of ether oxygens (including phenoxy) is 5. The lowest BCUT2D eigenvalue weighted by molar-refractivity contribution is 0.0609. The molecule has 10 nitrogen and oxygen atoms in total. The van der Waals surface area contributed by atoms with E-state index < -0.39 is 0 Å². The van der Waals surface area contributed by atoms with Crippen molar-refractivity contribution in [2.45, 2.75) is 109 Å². The number of rotatable bonds is 15. The van der Waals surface area contributed by atoms with Crippen molar-refractivity contribution in [3.8, 4) is 30.3 Å². The molecule has 3 aromatic rings. The number of hydrogen-bond acceptors (Lipinski definition) is 10. The third-order valence-electron chi connectivity index (χ3n) is 11.8. The van der Waals surface area contributed by atoms with Crippen LogP contribution in [0.4, 0.5) is 4.39 Å². The summed E-state index contributed by atoms with van der Waals surface area (Å²) in [6.07, 6.45) is 8.93. The molecule has 0 amide bonds. The highest BCUT2D eigenvalue weighted by Gasteiger charge is 2.52. The van der Waals surface area contributed by atoms with Gasteiger partial charge in [0.05, 0.1) is 71.6 Å². The van der Waals surface area contributed by atoms with Crippen LogP contribution in [-0.4, -0.2) is 47.8 Å². The first-order chi connectivity index (χ1) is 29.9. The van der Waals surface area contributed by atoms with Gasteiger partial charge in [0.2, 0.25) is 0 Å². The second-order valence-electron chi connectivity index (χ2n) is 16.5. The van der Waals surface area contributed by atoms with Crippen molar-refractivity contribution in [2.24, 2.45) is 28.1 Å². The summed E-state index contributed by atoms with van der Waals surface area (Å²) in [7, 11) is 8.24. The summed E-state index contributed by atoms with van der Waals surface area (Å²) in [5.41, 5.74) is 2.07. The summed E-state index contributed by atoms with van der Waals surface area (Å²) in [6, 6.07) is 34.9. The monoisotopic (exact) mass is 865 g/mol. The largest absolute Gasteiger partial charge is 0.380 e. The van der Waals surface area contributed by atoms with E-state index in [1.807, 2.05) is 68.4 Å². The summed E-state index contributed by atoms with van der Waals surface area (Å²) in [4.78, 5) is 0. The maximum Gasteiger partial charge on any atom is 0.123 e. The molecular formula is C50H61ClFN5O5. The molecule has 0 spiro atoms. The Kier molecular flexibility index (Phi) is 21.0. The van der Waals surface area contributed by atoms with E-state index in [9.17, 15) is 4.39 Å². The number of hydrogen-bond donors (Lipinski definition) is 0. The quantitative estimate of drug-likeness (QED) is 0.143. The van der Waals surface area contributed by atoms with Crippen LogP contribution in [0.25, 0.3) is 0 Å². The third-order valence-corrected chi connectivity index (χ3v) is 12.0. The number of methoxy groups -OCH3 is 5. The van der Waals surface area contributed by atoms with Crippen LogP contribution < -0.4 is 0 Å². The Balaban J connectivity index is 0.000000210. The molecule has 4 aliphatic carbocycles. The van der Waals surface area contributed by atoms with Crippen molar-refractivity contribution in [2.75, 3.05) is 35.5 Å².